The van der Waals surface area contributed by atoms with Crippen LogP contribution >= 0.6 is 11.3 Å². The number of tetrazole rings is 1. The van der Waals surface area contributed by atoms with Gasteiger partial charge in [0.1, 0.15) is 17.1 Å². The molecule has 6 nitrogen and oxygen atoms in total. The Labute approximate surface area is 136 Å². The number of thiophene rings is 1. The van der Waals surface area contributed by atoms with Gasteiger partial charge in [0, 0.05) is 11.4 Å². The molecule has 2 heterocycles. The van der Waals surface area contributed by atoms with Crippen LogP contribution in [0.2, 0.25) is 0 Å². The summed E-state index contributed by atoms with van der Waals surface area (Å²) in [5, 5.41) is 14.6. The number of benzene rings is 1. The van der Waals surface area contributed by atoms with Crippen LogP contribution in [0.1, 0.15) is 26.4 Å². The second kappa shape index (κ2) is 6.25. The third-order valence-corrected chi connectivity index (χ3v) is 4.71. The molecule has 0 saturated carbocycles. The van der Waals surface area contributed by atoms with Crippen molar-refractivity contribution < 1.29 is 9.18 Å². The average molecular weight is 331 g/mol. The first-order valence-electron chi connectivity index (χ1n) is 6.92. The molecular weight excluding hydrogens is 317 g/mol. The van der Waals surface area contributed by atoms with Crippen molar-refractivity contribution in [3.63, 3.8) is 0 Å². The van der Waals surface area contributed by atoms with Crippen LogP contribution < -0.4 is 5.32 Å². The highest BCUT2D eigenvalue weighted by Gasteiger charge is 2.21. The predicted octanol–water partition coefficient (Wildman–Crippen LogP) is 2.41. The monoisotopic (exact) mass is 331 g/mol. The number of hydrogen-bond donors (Lipinski definition) is 1. The molecule has 0 aliphatic rings. The SMILES string of the molecule is Cc1sc(-n2cnnn2)c(C(=O)NCc2ccc(F)cc2)c1C. The molecule has 2 aromatic heterocycles. The summed E-state index contributed by atoms with van der Waals surface area (Å²) in [7, 11) is 0. The molecule has 1 aromatic carbocycles. The van der Waals surface area contributed by atoms with Crippen LogP contribution in [0.25, 0.3) is 5.00 Å². The maximum atomic E-state index is 12.9. The van der Waals surface area contributed by atoms with Gasteiger partial charge in [-0.3, -0.25) is 4.79 Å². The van der Waals surface area contributed by atoms with Gasteiger partial charge in [0.15, 0.2) is 0 Å². The van der Waals surface area contributed by atoms with E-state index in [9.17, 15) is 9.18 Å². The van der Waals surface area contributed by atoms with Crippen LogP contribution in [-0.4, -0.2) is 26.1 Å². The zero-order valence-corrected chi connectivity index (χ0v) is 13.4. The molecule has 0 aliphatic carbocycles. The van der Waals surface area contributed by atoms with Crippen LogP contribution in [0.4, 0.5) is 4.39 Å². The van der Waals surface area contributed by atoms with Gasteiger partial charge in [-0.15, -0.1) is 16.4 Å². The quantitative estimate of drug-likeness (QED) is 0.797. The normalized spacial score (nSPS) is 10.7. The number of carbonyl (C=O) groups excluding carboxylic acids is 1. The molecule has 0 saturated heterocycles. The molecule has 1 amide bonds. The fourth-order valence-electron chi connectivity index (χ4n) is 2.17. The summed E-state index contributed by atoms with van der Waals surface area (Å²) in [6.07, 6.45) is 1.46. The van der Waals surface area contributed by atoms with E-state index >= 15 is 0 Å². The van der Waals surface area contributed by atoms with Gasteiger partial charge in [-0.2, -0.15) is 4.68 Å². The van der Waals surface area contributed by atoms with Crippen molar-refractivity contribution >= 4 is 17.2 Å². The zero-order valence-electron chi connectivity index (χ0n) is 12.6. The Morgan fingerprint density at radius 2 is 2.04 bits per heavy atom. The smallest absolute Gasteiger partial charge is 0.254 e. The van der Waals surface area contributed by atoms with Crippen molar-refractivity contribution in [3.05, 3.63) is 58.0 Å². The summed E-state index contributed by atoms with van der Waals surface area (Å²) >= 11 is 1.46. The molecule has 8 heteroatoms. The first kappa shape index (κ1) is 15.3. The summed E-state index contributed by atoms with van der Waals surface area (Å²) in [5.41, 5.74) is 2.28. The average Bonchev–Trinajstić information content (AvgIpc) is 3.16. The van der Waals surface area contributed by atoms with E-state index in [4.69, 9.17) is 0 Å². The molecule has 3 aromatic rings. The van der Waals surface area contributed by atoms with Crippen molar-refractivity contribution in [3.8, 4) is 5.00 Å². The van der Waals surface area contributed by atoms with Crippen molar-refractivity contribution in [1.82, 2.24) is 25.5 Å². The molecule has 1 N–H and O–H groups in total. The van der Waals surface area contributed by atoms with E-state index in [2.05, 4.69) is 20.8 Å². The highest BCUT2D eigenvalue weighted by molar-refractivity contribution is 7.15. The number of aromatic nitrogens is 4. The highest BCUT2D eigenvalue weighted by atomic mass is 32.1. The van der Waals surface area contributed by atoms with Gasteiger partial charge in [0.2, 0.25) is 0 Å². The van der Waals surface area contributed by atoms with Crippen molar-refractivity contribution in [2.24, 2.45) is 0 Å². The third-order valence-electron chi connectivity index (χ3n) is 3.52. The molecule has 3 rings (SSSR count). The fourth-order valence-corrected chi connectivity index (χ4v) is 3.24. The Hall–Kier alpha value is -2.61. The van der Waals surface area contributed by atoms with E-state index in [0.717, 1.165) is 16.0 Å². The topological polar surface area (TPSA) is 72.7 Å². The Bertz CT molecular complexity index is 826. The minimum atomic E-state index is -0.301. The molecule has 0 radical (unpaired) electrons. The molecule has 0 aliphatic heterocycles. The Balaban J connectivity index is 1.83. The highest BCUT2D eigenvalue weighted by Crippen LogP contribution is 2.30. The molecule has 0 fully saturated rings. The number of nitrogens with zero attached hydrogens (tertiary/aromatic N) is 4. The fraction of sp³-hybridized carbons (Fsp3) is 0.200. The standard InChI is InChI=1S/C15H14FN5OS/c1-9-10(2)23-15(21-8-18-19-20-21)13(9)14(22)17-7-11-3-5-12(16)6-4-11/h3-6,8H,7H2,1-2H3,(H,17,22). The molecule has 0 bridgehead atoms. The van der Waals surface area contributed by atoms with Gasteiger partial charge in [-0.1, -0.05) is 12.1 Å². The van der Waals surface area contributed by atoms with Crippen molar-refractivity contribution in [2.75, 3.05) is 0 Å². The van der Waals surface area contributed by atoms with E-state index in [1.807, 2.05) is 13.8 Å². The maximum absolute atomic E-state index is 12.9. The van der Waals surface area contributed by atoms with Gasteiger partial charge in [-0.25, -0.2) is 4.39 Å². The number of halogens is 1. The molecule has 0 atom stereocenters. The van der Waals surface area contributed by atoms with Crippen LogP contribution in [0, 0.1) is 19.7 Å². The third kappa shape index (κ3) is 3.11. The lowest BCUT2D eigenvalue weighted by Crippen LogP contribution is -2.24. The zero-order chi connectivity index (χ0) is 16.4. The van der Waals surface area contributed by atoms with Gasteiger partial charge in [0.25, 0.3) is 5.91 Å². The largest absolute Gasteiger partial charge is 0.348 e. The lowest BCUT2D eigenvalue weighted by molar-refractivity contribution is 0.0950. The van der Waals surface area contributed by atoms with E-state index in [-0.39, 0.29) is 11.7 Å². The predicted molar refractivity (Wildman–Crippen MR) is 84.1 cm³/mol. The number of amides is 1. The van der Waals surface area contributed by atoms with Crippen LogP contribution in [0.5, 0.6) is 0 Å². The summed E-state index contributed by atoms with van der Waals surface area (Å²) in [6, 6.07) is 6.02. The number of hydrogen-bond acceptors (Lipinski definition) is 5. The number of rotatable bonds is 4. The minimum Gasteiger partial charge on any atom is -0.348 e. The molecule has 0 unspecified atom stereocenters. The van der Waals surface area contributed by atoms with E-state index in [1.165, 1.54) is 34.5 Å². The number of carbonyl (C=O) groups is 1. The Morgan fingerprint density at radius 1 is 1.30 bits per heavy atom. The molecule has 0 spiro atoms. The summed E-state index contributed by atoms with van der Waals surface area (Å²) < 4.78 is 14.4. The minimum absolute atomic E-state index is 0.207. The number of nitrogens with one attached hydrogen (secondary N) is 1. The first-order chi connectivity index (χ1) is 11.1. The summed E-state index contributed by atoms with van der Waals surface area (Å²) in [5.74, 6) is -0.507. The van der Waals surface area contributed by atoms with Gasteiger partial charge in [-0.05, 0) is 47.5 Å². The summed E-state index contributed by atoms with van der Waals surface area (Å²) in [4.78, 5) is 13.6. The lowest BCUT2D eigenvalue weighted by atomic mass is 10.1. The van der Waals surface area contributed by atoms with E-state index < -0.39 is 0 Å². The Kier molecular flexibility index (Phi) is 4.16. The summed E-state index contributed by atoms with van der Waals surface area (Å²) in [6.45, 7) is 4.17. The van der Waals surface area contributed by atoms with E-state index in [1.54, 1.807) is 12.1 Å². The van der Waals surface area contributed by atoms with Crippen LogP contribution in [0.3, 0.4) is 0 Å². The van der Waals surface area contributed by atoms with Crippen LogP contribution in [-0.2, 0) is 6.54 Å². The molecular formula is C15H14FN5OS. The van der Waals surface area contributed by atoms with Crippen LogP contribution in [0.15, 0.2) is 30.6 Å². The Morgan fingerprint density at radius 3 is 2.70 bits per heavy atom. The first-order valence-corrected chi connectivity index (χ1v) is 7.74. The van der Waals surface area contributed by atoms with Gasteiger partial charge in [0.05, 0.1) is 5.56 Å². The second-order valence-electron chi connectivity index (χ2n) is 5.03. The molecule has 23 heavy (non-hydrogen) atoms. The maximum Gasteiger partial charge on any atom is 0.254 e. The van der Waals surface area contributed by atoms with Crippen molar-refractivity contribution in [2.45, 2.75) is 20.4 Å². The number of aryl methyl sites for hydroxylation is 1. The van der Waals surface area contributed by atoms with Gasteiger partial charge < -0.3 is 5.32 Å². The molecule has 118 valence electrons. The lowest BCUT2D eigenvalue weighted by Gasteiger charge is -2.07. The van der Waals surface area contributed by atoms with Gasteiger partial charge >= 0.3 is 0 Å². The van der Waals surface area contributed by atoms with E-state index in [0.29, 0.717) is 17.1 Å². The second-order valence-corrected chi connectivity index (χ2v) is 6.23. The van der Waals surface area contributed by atoms with Crippen molar-refractivity contribution in [1.29, 1.82) is 0 Å².